The zero-order valence-corrected chi connectivity index (χ0v) is 19.3. The van der Waals surface area contributed by atoms with Crippen molar-refractivity contribution in [1.82, 2.24) is 4.90 Å². The molecule has 0 unspecified atom stereocenters. The molecule has 0 radical (unpaired) electrons. The Kier molecular flexibility index (Phi) is 10.7. The number of unbranched alkanes of at least 4 members (excludes halogenated alkanes) is 1. The molecule has 34 heavy (non-hydrogen) atoms. The van der Waals surface area contributed by atoms with Crippen molar-refractivity contribution in [2.45, 2.75) is 38.5 Å². The number of nitrogens with two attached hydrogens (primary N) is 1. The predicted octanol–water partition coefficient (Wildman–Crippen LogP) is 3.56. The number of amides is 2. The Morgan fingerprint density at radius 1 is 0.824 bits per heavy atom. The van der Waals surface area contributed by atoms with E-state index >= 15 is 0 Å². The highest BCUT2D eigenvalue weighted by atomic mass is 16.6. The zero-order valence-electron chi connectivity index (χ0n) is 19.3. The minimum atomic E-state index is -1.46. The third kappa shape index (κ3) is 7.96. The molecule has 0 aliphatic heterocycles. The van der Waals surface area contributed by atoms with E-state index in [-0.39, 0.29) is 19.6 Å². The number of nitrogens with zero attached hydrogens (tertiary/aromatic N) is 1. The van der Waals surface area contributed by atoms with Crippen molar-refractivity contribution in [2.75, 3.05) is 20.8 Å². The number of carbonyl (C=O) groups is 3. The van der Waals surface area contributed by atoms with E-state index in [0.717, 1.165) is 0 Å². The molecule has 1 atom stereocenters. The van der Waals surface area contributed by atoms with Gasteiger partial charge in [-0.2, -0.15) is 4.90 Å². The maximum atomic E-state index is 12.8. The zero-order chi connectivity index (χ0) is 24.9. The number of methoxy groups -OCH3 is 2. The second-order valence-electron chi connectivity index (χ2n) is 7.31. The lowest BCUT2D eigenvalue weighted by Gasteiger charge is -2.26. The van der Waals surface area contributed by atoms with Crippen LogP contribution in [-0.2, 0) is 27.5 Å². The van der Waals surface area contributed by atoms with E-state index in [1.54, 1.807) is 48.5 Å². The summed E-state index contributed by atoms with van der Waals surface area (Å²) in [7, 11) is 3.06. The largest absolute Gasteiger partial charge is 0.497 e. The van der Waals surface area contributed by atoms with E-state index < -0.39 is 24.2 Å². The van der Waals surface area contributed by atoms with Crippen molar-refractivity contribution in [3.63, 3.8) is 0 Å². The summed E-state index contributed by atoms with van der Waals surface area (Å²) in [5, 5.41) is 9.71. The SMILES string of the molecule is COc1ccc(COC(=O)N(C(=O)OCc2ccc(OC)cc2)[C@@H](CCCCN)C(=O)O)cc1. The first-order valence-electron chi connectivity index (χ1n) is 10.7. The molecule has 0 aliphatic carbocycles. The molecular weight excluding hydrogens is 444 g/mol. The Morgan fingerprint density at radius 3 is 1.62 bits per heavy atom. The second-order valence-corrected chi connectivity index (χ2v) is 7.31. The van der Waals surface area contributed by atoms with Gasteiger partial charge in [-0.25, -0.2) is 14.4 Å². The fourth-order valence-electron chi connectivity index (χ4n) is 3.05. The summed E-state index contributed by atoms with van der Waals surface area (Å²) in [6, 6.07) is 12.1. The molecule has 0 spiro atoms. The smallest absolute Gasteiger partial charge is 0.420 e. The van der Waals surface area contributed by atoms with Crippen molar-refractivity contribution >= 4 is 18.2 Å². The Hall–Kier alpha value is -3.79. The van der Waals surface area contributed by atoms with Crippen LogP contribution in [0, 0.1) is 0 Å². The number of imide groups is 1. The molecule has 2 aromatic rings. The molecule has 10 nitrogen and oxygen atoms in total. The minimum Gasteiger partial charge on any atom is -0.497 e. The lowest BCUT2D eigenvalue weighted by molar-refractivity contribution is -0.142. The quantitative estimate of drug-likeness (QED) is 0.442. The molecule has 3 N–H and O–H groups in total. The average molecular weight is 475 g/mol. The average Bonchev–Trinajstić information content (AvgIpc) is 2.86. The highest BCUT2D eigenvalue weighted by molar-refractivity contribution is 5.93. The molecule has 0 fully saturated rings. The summed E-state index contributed by atoms with van der Waals surface area (Å²) in [5.41, 5.74) is 6.76. The number of carboxylic acids is 1. The van der Waals surface area contributed by atoms with E-state index in [9.17, 15) is 19.5 Å². The fourth-order valence-corrected chi connectivity index (χ4v) is 3.05. The molecule has 2 amide bonds. The van der Waals surface area contributed by atoms with Crippen LogP contribution in [0.4, 0.5) is 9.59 Å². The Bertz CT molecular complexity index is 867. The molecular formula is C24H30N2O8. The number of ether oxygens (including phenoxy) is 4. The monoisotopic (exact) mass is 474 g/mol. The maximum Gasteiger partial charge on any atom is 0.420 e. The van der Waals surface area contributed by atoms with Gasteiger partial charge in [0.2, 0.25) is 0 Å². The number of hydrogen-bond donors (Lipinski definition) is 2. The first kappa shape index (κ1) is 26.5. The Labute approximate surface area is 198 Å². The molecule has 0 bridgehead atoms. The highest BCUT2D eigenvalue weighted by Gasteiger charge is 2.37. The third-order valence-electron chi connectivity index (χ3n) is 4.96. The third-order valence-corrected chi connectivity index (χ3v) is 4.96. The Morgan fingerprint density at radius 2 is 1.26 bits per heavy atom. The molecule has 184 valence electrons. The van der Waals surface area contributed by atoms with E-state index in [1.807, 2.05) is 0 Å². The van der Waals surface area contributed by atoms with Crippen molar-refractivity contribution in [3.8, 4) is 11.5 Å². The van der Waals surface area contributed by atoms with Gasteiger partial charge in [-0.1, -0.05) is 24.3 Å². The number of aliphatic carboxylic acids is 1. The number of benzene rings is 2. The standard InChI is InChI=1S/C24H30N2O8/c1-31-19-10-6-17(7-11-19)15-33-23(29)26(21(22(27)28)5-3-4-14-25)24(30)34-16-18-8-12-20(32-2)13-9-18/h6-13,21H,3-5,14-16,25H2,1-2H3,(H,27,28)/t21-/m0/s1. The van der Waals surface area contributed by atoms with Gasteiger partial charge in [0.1, 0.15) is 30.8 Å². The number of hydrogen-bond acceptors (Lipinski definition) is 8. The van der Waals surface area contributed by atoms with Crippen LogP contribution in [0.2, 0.25) is 0 Å². The molecule has 0 saturated heterocycles. The van der Waals surface area contributed by atoms with Crippen LogP contribution in [0.15, 0.2) is 48.5 Å². The second kappa shape index (κ2) is 13.7. The summed E-state index contributed by atoms with van der Waals surface area (Å²) < 4.78 is 20.7. The van der Waals surface area contributed by atoms with Crippen LogP contribution in [0.25, 0.3) is 0 Å². The van der Waals surface area contributed by atoms with Crippen molar-refractivity contribution < 1.29 is 38.4 Å². The molecule has 2 aromatic carbocycles. The van der Waals surface area contributed by atoms with Gasteiger partial charge < -0.3 is 29.8 Å². The van der Waals surface area contributed by atoms with Gasteiger partial charge in [0.25, 0.3) is 0 Å². The number of rotatable bonds is 12. The van der Waals surface area contributed by atoms with Gasteiger partial charge in [-0.15, -0.1) is 0 Å². The fraction of sp³-hybridized carbons (Fsp3) is 0.375. The van der Waals surface area contributed by atoms with E-state index in [1.165, 1.54) is 14.2 Å². The van der Waals surface area contributed by atoms with Crippen LogP contribution in [0.3, 0.4) is 0 Å². The molecule has 10 heteroatoms. The van der Waals surface area contributed by atoms with Crippen molar-refractivity contribution in [2.24, 2.45) is 5.73 Å². The van der Waals surface area contributed by atoms with E-state index in [4.69, 9.17) is 24.7 Å². The lowest BCUT2D eigenvalue weighted by Crippen LogP contribution is -2.49. The van der Waals surface area contributed by atoms with Crippen LogP contribution < -0.4 is 15.2 Å². The Balaban J connectivity index is 2.13. The molecule has 0 aromatic heterocycles. The van der Waals surface area contributed by atoms with Gasteiger partial charge >= 0.3 is 18.2 Å². The van der Waals surface area contributed by atoms with E-state index in [0.29, 0.717) is 46.9 Å². The van der Waals surface area contributed by atoms with Gasteiger partial charge in [0, 0.05) is 0 Å². The number of carboxylic acid groups (broad SMARTS) is 1. The van der Waals surface area contributed by atoms with Crippen molar-refractivity contribution in [1.29, 1.82) is 0 Å². The van der Waals surface area contributed by atoms with Gasteiger partial charge in [-0.3, -0.25) is 0 Å². The predicted molar refractivity (Wildman–Crippen MR) is 123 cm³/mol. The minimum absolute atomic E-state index is 0.0157. The highest BCUT2D eigenvalue weighted by Crippen LogP contribution is 2.18. The van der Waals surface area contributed by atoms with Crippen LogP contribution in [0.5, 0.6) is 11.5 Å². The summed E-state index contributed by atoms with van der Waals surface area (Å²) in [4.78, 5) is 38.1. The normalized spacial score (nSPS) is 11.3. The van der Waals surface area contributed by atoms with Gasteiger partial charge in [-0.05, 0) is 61.2 Å². The van der Waals surface area contributed by atoms with Crippen LogP contribution in [0.1, 0.15) is 30.4 Å². The van der Waals surface area contributed by atoms with Crippen LogP contribution in [-0.4, -0.2) is 55.0 Å². The van der Waals surface area contributed by atoms with Crippen molar-refractivity contribution in [3.05, 3.63) is 59.7 Å². The van der Waals surface area contributed by atoms with Gasteiger partial charge in [0.15, 0.2) is 0 Å². The van der Waals surface area contributed by atoms with Gasteiger partial charge in [0.05, 0.1) is 14.2 Å². The molecule has 0 aliphatic rings. The lowest BCUT2D eigenvalue weighted by atomic mass is 10.1. The summed E-state index contributed by atoms with van der Waals surface area (Å²) in [5.74, 6) is -0.0888. The molecule has 2 rings (SSSR count). The van der Waals surface area contributed by atoms with E-state index in [2.05, 4.69) is 0 Å². The topological polar surface area (TPSA) is 138 Å². The van der Waals surface area contributed by atoms with Crippen LogP contribution >= 0.6 is 0 Å². The molecule has 0 heterocycles. The first-order valence-corrected chi connectivity index (χ1v) is 10.7. The maximum absolute atomic E-state index is 12.8. The number of carbonyl (C=O) groups excluding carboxylic acids is 2. The summed E-state index contributed by atoms with van der Waals surface area (Å²) >= 11 is 0. The summed E-state index contributed by atoms with van der Waals surface area (Å²) in [6.07, 6.45) is -1.27. The first-order chi connectivity index (χ1) is 16.4. The molecule has 0 saturated carbocycles. The summed E-state index contributed by atoms with van der Waals surface area (Å²) in [6.45, 7) is 0.0244.